The molecule has 7 heteroatoms. The summed E-state index contributed by atoms with van der Waals surface area (Å²) in [5.74, 6) is -0.351. The Labute approximate surface area is 105 Å². The first kappa shape index (κ1) is 14.0. The molecule has 1 fully saturated rings. The molecule has 0 aromatic rings. The van der Waals surface area contributed by atoms with Crippen LogP contribution in [-0.4, -0.2) is 36.9 Å². The summed E-state index contributed by atoms with van der Waals surface area (Å²) in [7, 11) is 0. The van der Waals surface area contributed by atoms with Crippen molar-refractivity contribution in [3.8, 4) is 0 Å². The Morgan fingerprint density at radius 1 is 1.39 bits per heavy atom. The second-order valence-electron chi connectivity index (χ2n) is 4.74. The average molecular weight is 254 g/mol. The molecule has 0 unspecified atom stereocenters. The van der Waals surface area contributed by atoms with E-state index >= 15 is 0 Å². The lowest BCUT2D eigenvalue weighted by Crippen LogP contribution is -2.45. The maximum Gasteiger partial charge on any atom is 0.412 e. The zero-order chi connectivity index (χ0) is 13.8. The van der Waals surface area contributed by atoms with Gasteiger partial charge in [0.1, 0.15) is 11.3 Å². The molecule has 18 heavy (non-hydrogen) atoms. The number of hydrogen-bond donors (Lipinski definition) is 4. The first-order valence-corrected chi connectivity index (χ1v) is 5.60. The topological polar surface area (TPSA) is 103 Å². The van der Waals surface area contributed by atoms with Crippen LogP contribution in [0.4, 0.5) is 4.79 Å². The number of hydrogen-bond acceptors (Lipinski definition) is 5. The number of alkyl carbamates (subject to hydrolysis) is 1. The van der Waals surface area contributed by atoms with E-state index < -0.39 is 11.7 Å². The quantitative estimate of drug-likeness (QED) is 0.414. The number of piperazine rings is 1. The van der Waals surface area contributed by atoms with Crippen LogP contribution < -0.4 is 16.0 Å². The Hall–Kier alpha value is -2.05. The van der Waals surface area contributed by atoms with E-state index in [1.807, 2.05) is 0 Å². The summed E-state index contributed by atoms with van der Waals surface area (Å²) in [6.07, 6.45) is 0.200. The van der Waals surface area contributed by atoms with Crippen molar-refractivity contribution < 1.29 is 14.3 Å². The van der Waals surface area contributed by atoms with Crippen LogP contribution >= 0.6 is 0 Å². The van der Waals surface area contributed by atoms with Gasteiger partial charge in [-0.15, -0.1) is 0 Å². The van der Waals surface area contributed by atoms with Gasteiger partial charge in [-0.1, -0.05) is 0 Å². The van der Waals surface area contributed by atoms with Gasteiger partial charge in [-0.2, -0.15) is 0 Å². The molecule has 0 aromatic carbocycles. The molecule has 1 aliphatic rings. The van der Waals surface area contributed by atoms with Gasteiger partial charge in [0, 0.05) is 19.3 Å². The number of rotatable bonds is 2. The number of carbonyl (C=O) groups is 2. The van der Waals surface area contributed by atoms with Gasteiger partial charge in [0.15, 0.2) is 0 Å². The summed E-state index contributed by atoms with van der Waals surface area (Å²) in [5, 5.41) is 15.1. The molecule has 100 valence electrons. The molecule has 4 N–H and O–H groups in total. The minimum Gasteiger partial charge on any atom is -0.444 e. The fraction of sp³-hybridized carbons (Fsp3) is 0.545. The van der Waals surface area contributed by atoms with E-state index in [1.54, 1.807) is 20.8 Å². The van der Waals surface area contributed by atoms with Crippen molar-refractivity contribution in [1.29, 1.82) is 5.41 Å². The van der Waals surface area contributed by atoms with Crippen molar-refractivity contribution in [3.63, 3.8) is 0 Å². The predicted octanol–water partition coefficient (Wildman–Crippen LogP) is 0.0917. The summed E-state index contributed by atoms with van der Waals surface area (Å²) in [6.45, 7) is 6.26. The van der Waals surface area contributed by atoms with E-state index in [1.165, 1.54) is 0 Å². The van der Waals surface area contributed by atoms with Gasteiger partial charge >= 0.3 is 6.09 Å². The average Bonchev–Trinajstić information content (AvgIpc) is 2.24. The minimum atomic E-state index is -0.700. The lowest BCUT2D eigenvalue weighted by atomic mass is 10.2. The first-order chi connectivity index (χ1) is 8.33. The Morgan fingerprint density at radius 2 is 2.00 bits per heavy atom. The zero-order valence-corrected chi connectivity index (χ0v) is 10.7. The SMILES string of the molecule is CC(C)(C)OC(=O)N/C(C=N)=C1/NCCNC1=O. The third-order valence-corrected chi connectivity index (χ3v) is 1.99. The third kappa shape index (κ3) is 4.08. The highest BCUT2D eigenvalue weighted by molar-refractivity contribution is 6.00. The van der Waals surface area contributed by atoms with E-state index in [-0.39, 0.29) is 17.3 Å². The van der Waals surface area contributed by atoms with Crippen LogP contribution in [0.3, 0.4) is 0 Å². The molecule has 0 radical (unpaired) electrons. The van der Waals surface area contributed by atoms with E-state index in [9.17, 15) is 9.59 Å². The summed E-state index contributed by atoms with van der Waals surface area (Å²) in [4.78, 5) is 23.1. The Kier molecular flexibility index (Phi) is 4.30. The number of nitrogens with one attached hydrogen (secondary N) is 4. The second kappa shape index (κ2) is 5.52. The van der Waals surface area contributed by atoms with Crippen molar-refractivity contribution in [2.45, 2.75) is 26.4 Å². The third-order valence-electron chi connectivity index (χ3n) is 1.99. The van der Waals surface area contributed by atoms with Crippen molar-refractivity contribution in [1.82, 2.24) is 16.0 Å². The molecular weight excluding hydrogens is 236 g/mol. The fourth-order valence-corrected chi connectivity index (χ4v) is 1.33. The molecule has 1 heterocycles. The summed E-state index contributed by atoms with van der Waals surface area (Å²) in [5.41, 5.74) is -0.381. The van der Waals surface area contributed by atoms with Crippen LogP contribution in [0.25, 0.3) is 0 Å². The zero-order valence-electron chi connectivity index (χ0n) is 10.7. The van der Waals surface area contributed by atoms with Crippen LogP contribution in [0.1, 0.15) is 20.8 Å². The van der Waals surface area contributed by atoms with E-state index in [0.717, 1.165) is 6.21 Å². The lowest BCUT2D eigenvalue weighted by molar-refractivity contribution is -0.118. The molecular formula is C11H18N4O3. The number of allylic oxidation sites excluding steroid dienone is 1. The van der Waals surface area contributed by atoms with Crippen LogP contribution in [0, 0.1) is 5.41 Å². The first-order valence-electron chi connectivity index (χ1n) is 5.60. The smallest absolute Gasteiger partial charge is 0.412 e. The largest absolute Gasteiger partial charge is 0.444 e. The maximum atomic E-state index is 11.5. The molecule has 7 nitrogen and oxygen atoms in total. The number of carbonyl (C=O) groups excluding carboxylic acids is 2. The van der Waals surface area contributed by atoms with Gasteiger partial charge < -0.3 is 20.8 Å². The van der Waals surface area contributed by atoms with Gasteiger partial charge in [-0.3, -0.25) is 10.1 Å². The van der Waals surface area contributed by atoms with E-state index in [2.05, 4.69) is 16.0 Å². The summed E-state index contributed by atoms with van der Waals surface area (Å²) in [6, 6.07) is 0. The van der Waals surface area contributed by atoms with E-state index in [4.69, 9.17) is 10.1 Å². The van der Waals surface area contributed by atoms with Gasteiger partial charge in [0.25, 0.3) is 5.91 Å². The molecule has 0 saturated carbocycles. The Bertz CT molecular complexity index is 396. The monoisotopic (exact) mass is 254 g/mol. The molecule has 0 bridgehead atoms. The highest BCUT2D eigenvalue weighted by Gasteiger charge is 2.21. The van der Waals surface area contributed by atoms with Crippen LogP contribution in [0.15, 0.2) is 11.4 Å². The molecule has 0 spiro atoms. The van der Waals surface area contributed by atoms with Crippen LogP contribution in [-0.2, 0) is 9.53 Å². The number of amides is 2. The van der Waals surface area contributed by atoms with Gasteiger partial charge in [-0.05, 0) is 20.8 Å². The normalized spacial score (nSPS) is 18.3. The minimum absolute atomic E-state index is 0.0847. The molecule has 1 saturated heterocycles. The van der Waals surface area contributed by atoms with Gasteiger partial charge in [-0.25, -0.2) is 4.79 Å². The van der Waals surface area contributed by atoms with Crippen molar-refractivity contribution in [2.75, 3.05) is 13.1 Å². The standard InChI is InChI=1S/C11H18N4O3/c1-11(2,3)18-10(17)15-7(6-12)8-9(16)14-5-4-13-8/h6,12-13H,4-5H2,1-3H3,(H,14,16)(H,15,17)/b8-7+,12-6?. The molecule has 1 rings (SSSR count). The van der Waals surface area contributed by atoms with Crippen LogP contribution in [0.5, 0.6) is 0 Å². The lowest BCUT2D eigenvalue weighted by Gasteiger charge is -2.22. The molecule has 1 aliphatic heterocycles. The van der Waals surface area contributed by atoms with Crippen molar-refractivity contribution in [3.05, 3.63) is 11.4 Å². The Morgan fingerprint density at radius 3 is 2.50 bits per heavy atom. The molecule has 2 amide bonds. The molecule has 0 atom stereocenters. The van der Waals surface area contributed by atoms with Crippen molar-refractivity contribution in [2.24, 2.45) is 0 Å². The van der Waals surface area contributed by atoms with E-state index in [0.29, 0.717) is 13.1 Å². The van der Waals surface area contributed by atoms with Gasteiger partial charge in [0.2, 0.25) is 0 Å². The summed E-state index contributed by atoms with van der Waals surface area (Å²) < 4.78 is 5.05. The highest BCUT2D eigenvalue weighted by Crippen LogP contribution is 2.08. The molecule has 0 aromatic heterocycles. The highest BCUT2D eigenvalue weighted by atomic mass is 16.6. The second-order valence-corrected chi connectivity index (χ2v) is 4.74. The predicted molar refractivity (Wildman–Crippen MR) is 66.2 cm³/mol. The molecule has 0 aliphatic carbocycles. The van der Waals surface area contributed by atoms with Crippen LogP contribution in [0.2, 0.25) is 0 Å². The van der Waals surface area contributed by atoms with Gasteiger partial charge in [0.05, 0.1) is 5.70 Å². The van der Waals surface area contributed by atoms with Crippen molar-refractivity contribution >= 4 is 18.2 Å². The fourth-order valence-electron chi connectivity index (χ4n) is 1.33. The number of ether oxygens (including phenoxy) is 1. The maximum absolute atomic E-state index is 11.5. The summed E-state index contributed by atoms with van der Waals surface area (Å²) >= 11 is 0. The Balaban J connectivity index is 2.78.